The maximum Gasteiger partial charge on any atom is 0.137 e. The van der Waals surface area contributed by atoms with Gasteiger partial charge < -0.3 is 15.0 Å². The van der Waals surface area contributed by atoms with Gasteiger partial charge in [0, 0.05) is 31.9 Å². The number of hydrogen-bond acceptors (Lipinski definition) is 3. The van der Waals surface area contributed by atoms with Crippen LogP contribution in [0.3, 0.4) is 0 Å². The van der Waals surface area contributed by atoms with Gasteiger partial charge in [0.15, 0.2) is 0 Å². The van der Waals surface area contributed by atoms with E-state index in [2.05, 4.69) is 10.3 Å². The van der Waals surface area contributed by atoms with Gasteiger partial charge in [-0.15, -0.1) is 0 Å². The second-order valence-electron chi connectivity index (χ2n) is 3.95. The Bertz CT molecular complexity index is 291. The second-order valence-corrected chi connectivity index (χ2v) is 3.95. The summed E-state index contributed by atoms with van der Waals surface area (Å²) in [4.78, 5) is 4.18. The largest absolute Gasteiger partial charge is 0.385 e. The van der Waals surface area contributed by atoms with Crippen molar-refractivity contribution in [3.05, 3.63) is 18.2 Å². The summed E-state index contributed by atoms with van der Waals surface area (Å²) in [6, 6.07) is 0. The van der Waals surface area contributed by atoms with Crippen LogP contribution in [0.25, 0.3) is 0 Å². The first-order chi connectivity index (χ1) is 6.79. The number of aliphatic hydroxyl groups excluding tert-OH is 1. The molecule has 0 radical (unpaired) electrons. The number of imidazole rings is 1. The summed E-state index contributed by atoms with van der Waals surface area (Å²) in [5.41, 5.74) is 0. The van der Waals surface area contributed by atoms with Crippen molar-refractivity contribution >= 4 is 0 Å². The van der Waals surface area contributed by atoms with Gasteiger partial charge in [-0.1, -0.05) is 0 Å². The predicted molar refractivity (Wildman–Crippen MR) is 53.8 cm³/mol. The van der Waals surface area contributed by atoms with Gasteiger partial charge in [0.2, 0.25) is 0 Å². The van der Waals surface area contributed by atoms with Crippen LogP contribution >= 0.6 is 0 Å². The molecule has 0 aromatic carbocycles. The molecule has 1 aliphatic rings. The highest BCUT2D eigenvalue weighted by molar-refractivity contribution is 4.98. The lowest BCUT2D eigenvalue weighted by atomic mass is 9.93. The van der Waals surface area contributed by atoms with Gasteiger partial charge in [-0.3, -0.25) is 0 Å². The predicted octanol–water partition coefficient (Wildman–Crippen LogP) is 0.453. The zero-order valence-corrected chi connectivity index (χ0v) is 8.48. The third-order valence-electron chi connectivity index (χ3n) is 2.90. The highest BCUT2D eigenvalue weighted by Gasteiger charge is 2.25. The van der Waals surface area contributed by atoms with E-state index in [1.54, 1.807) is 6.20 Å². The molecule has 4 heteroatoms. The Kier molecular flexibility index (Phi) is 2.84. The molecule has 0 saturated carbocycles. The Morgan fingerprint density at radius 3 is 3.14 bits per heavy atom. The fourth-order valence-corrected chi connectivity index (χ4v) is 2.02. The van der Waals surface area contributed by atoms with Gasteiger partial charge >= 0.3 is 0 Å². The number of piperidine rings is 1. The lowest BCUT2D eigenvalue weighted by Gasteiger charge is -2.26. The Morgan fingerprint density at radius 1 is 1.71 bits per heavy atom. The summed E-state index contributed by atoms with van der Waals surface area (Å²) in [5, 5.41) is 13.4. The number of hydrogen-bond donors (Lipinski definition) is 2. The summed E-state index contributed by atoms with van der Waals surface area (Å²) >= 11 is 0. The van der Waals surface area contributed by atoms with Crippen LogP contribution in [0.5, 0.6) is 0 Å². The number of aromatic nitrogens is 2. The van der Waals surface area contributed by atoms with Crippen molar-refractivity contribution in [2.45, 2.75) is 18.9 Å². The third-order valence-corrected chi connectivity index (χ3v) is 2.90. The topological polar surface area (TPSA) is 50.1 Å². The zero-order valence-electron chi connectivity index (χ0n) is 8.48. The highest BCUT2D eigenvalue weighted by Crippen LogP contribution is 2.25. The van der Waals surface area contributed by atoms with Gasteiger partial charge in [-0.25, -0.2) is 4.98 Å². The quantitative estimate of drug-likeness (QED) is 0.720. The van der Waals surface area contributed by atoms with E-state index in [1.807, 2.05) is 17.8 Å². The summed E-state index contributed by atoms with van der Waals surface area (Å²) in [6.45, 7) is 1.97. The highest BCUT2D eigenvalue weighted by atomic mass is 16.3. The van der Waals surface area contributed by atoms with Crippen molar-refractivity contribution in [2.24, 2.45) is 13.0 Å². The van der Waals surface area contributed by atoms with Crippen LogP contribution in [0.15, 0.2) is 12.4 Å². The lowest BCUT2D eigenvalue weighted by molar-refractivity contribution is 0.0819. The Hall–Kier alpha value is -0.870. The number of rotatable bonds is 2. The van der Waals surface area contributed by atoms with Crippen LogP contribution in [0.4, 0.5) is 0 Å². The van der Waals surface area contributed by atoms with Gasteiger partial charge in [-0.05, 0) is 19.4 Å². The molecule has 2 atom stereocenters. The fraction of sp³-hybridized carbons (Fsp3) is 0.700. The van der Waals surface area contributed by atoms with Crippen LogP contribution in [-0.4, -0.2) is 27.7 Å². The molecule has 0 bridgehead atoms. The monoisotopic (exact) mass is 195 g/mol. The Labute approximate surface area is 84.0 Å². The molecular formula is C10H17N3O. The van der Waals surface area contributed by atoms with E-state index >= 15 is 0 Å². The standard InChI is InChI=1S/C10H17N3O/c1-13-6-5-12-10(13)9(14)8-3-2-4-11-7-8/h5-6,8-9,11,14H,2-4,7H2,1H3/t8-,9-/m0/s1. The first kappa shape index (κ1) is 9.68. The van der Waals surface area contributed by atoms with Crippen LogP contribution in [0, 0.1) is 5.92 Å². The van der Waals surface area contributed by atoms with Gasteiger partial charge in [-0.2, -0.15) is 0 Å². The second kappa shape index (κ2) is 4.11. The average molecular weight is 195 g/mol. The van der Waals surface area contributed by atoms with E-state index in [1.165, 1.54) is 0 Å². The number of aliphatic hydroxyl groups is 1. The Balaban J connectivity index is 2.07. The number of nitrogens with one attached hydrogen (secondary N) is 1. The maximum atomic E-state index is 10.1. The van der Waals surface area contributed by atoms with Crippen molar-refractivity contribution in [2.75, 3.05) is 13.1 Å². The first-order valence-electron chi connectivity index (χ1n) is 5.15. The van der Waals surface area contributed by atoms with Crippen molar-refractivity contribution in [1.82, 2.24) is 14.9 Å². The normalized spacial score (nSPS) is 24.9. The molecular weight excluding hydrogens is 178 g/mol. The summed E-state index contributed by atoms with van der Waals surface area (Å²) in [5.74, 6) is 1.09. The van der Waals surface area contributed by atoms with E-state index in [0.29, 0.717) is 5.92 Å². The van der Waals surface area contributed by atoms with Crippen molar-refractivity contribution < 1.29 is 5.11 Å². The molecule has 0 unspecified atom stereocenters. The molecule has 1 saturated heterocycles. The molecule has 2 N–H and O–H groups in total. The van der Waals surface area contributed by atoms with Crippen molar-refractivity contribution in [3.63, 3.8) is 0 Å². The zero-order chi connectivity index (χ0) is 9.97. The minimum absolute atomic E-state index is 0.310. The summed E-state index contributed by atoms with van der Waals surface area (Å²) in [6.07, 6.45) is 5.40. The third kappa shape index (κ3) is 1.81. The smallest absolute Gasteiger partial charge is 0.137 e. The van der Waals surface area contributed by atoms with Crippen molar-refractivity contribution in [1.29, 1.82) is 0 Å². The van der Waals surface area contributed by atoms with Gasteiger partial charge in [0.05, 0.1) is 0 Å². The summed E-state index contributed by atoms with van der Waals surface area (Å²) < 4.78 is 1.89. The SMILES string of the molecule is Cn1ccnc1[C@@H](O)[C@H]1CCCNC1. The van der Waals surface area contributed by atoms with Crippen molar-refractivity contribution in [3.8, 4) is 0 Å². The van der Waals surface area contributed by atoms with E-state index in [4.69, 9.17) is 0 Å². The van der Waals surface area contributed by atoms with Crippen LogP contribution < -0.4 is 5.32 Å². The molecule has 1 aromatic rings. The molecule has 78 valence electrons. The molecule has 1 fully saturated rings. The lowest BCUT2D eigenvalue weighted by Crippen LogP contribution is -2.34. The molecule has 0 amide bonds. The molecule has 0 spiro atoms. The molecule has 2 rings (SSSR count). The minimum Gasteiger partial charge on any atom is -0.385 e. The maximum absolute atomic E-state index is 10.1. The molecule has 2 heterocycles. The average Bonchev–Trinajstić information content (AvgIpc) is 2.65. The molecule has 0 aliphatic carbocycles. The van der Waals surface area contributed by atoms with E-state index in [-0.39, 0.29) is 0 Å². The van der Waals surface area contributed by atoms with Gasteiger partial charge in [0.1, 0.15) is 11.9 Å². The first-order valence-corrected chi connectivity index (χ1v) is 5.15. The minimum atomic E-state index is -0.428. The molecule has 4 nitrogen and oxygen atoms in total. The molecule has 1 aromatic heterocycles. The number of nitrogens with zero attached hydrogens (tertiary/aromatic N) is 2. The van der Waals surface area contributed by atoms with Crippen LogP contribution in [0.2, 0.25) is 0 Å². The number of aryl methyl sites for hydroxylation is 1. The van der Waals surface area contributed by atoms with E-state index < -0.39 is 6.10 Å². The Morgan fingerprint density at radius 2 is 2.57 bits per heavy atom. The van der Waals surface area contributed by atoms with E-state index in [0.717, 1.165) is 31.8 Å². The van der Waals surface area contributed by atoms with E-state index in [9.17, 15) is 5.11 Å². The summed E-state index contributed by atoms with van der Waals surface area (Å²) in [7, 11) is 1.92. The molecule has 14 heavy (non-hydrogen) atoms. The van der Waals surface area contributed by atoms with Crippen LogP contribution in [-0.2, 0) is 7.05 Å². The fourth-order valence-electron chi connectivity index (χ4n) is 2.02. The van der Waals surface area contributed by atoms with Crippen LogP contribution in [0.1, 0.15) is 24.8 Å². The van der Waals surface area contributed by atoms with Gasteiger partial charge in [0.25, 0.3) is 0 Å². The molecule has 1 aliphatic heterocycles.